The van der Waals surface area contributed by atoms with E-state index in [0.29, 0.717) is 17.9 Å². The van der Waals surface area contributed by atoms with Crippen molar-refractivity contribution in [2.45, 2.75) is 63.8 Å². The van der Waals surface area contributed by atoms with Crippen molar-refractivity contribution in [1.82, 2.24) is 19.4 Å². The predicted molar refractivity (Wildman–Crippen MR) is 141 cm³/mol. The van der Waals surface area contributed by atoms with Gasteiger partial charge in [0.05, 0.1) is 16.6 Å². The van der Waals surface area contributed by atoms with Gasteiger partial charge in [0.15, 0.2) is 0 Å². The van der Waals surface area contributed by atoms with Crippen LogP contribution in [0.1, 0.15) is 69.4 Å². The van der Waals surface area contributed by atoms with Crippen molar-refractivity contribution in [2.24, 2.45) is 24.6 Å². The molecule has 1 aromatic heterocycles. The summed E-state index contributed by atoms with van der Waals surface area (Å²) in [4.78, 5) is 39.7. The average molecular weight is 494 g/mol. The SMILES string of the molecule is CN.Cn1c(=O)n(C2CCC(=O)NC2=O)c2cccc(C#CC3CCN(CC4CCCCC4)CC3)c21. The largest absolute Gasteiger partial charge is 0.333 e. The Balaban J connectivity index is 0.00000148. The molecular formula is C28H39N5O3. The highest BCUT2D eigenvalue weighted by Crippen LogP contribution is 2.27. The second kappa shape index (κ2) is 11.9. The van der Waals surface area contributed by atoms with Crippen molar-refractivity contribution in [2.75, 3.05) is 26.7 Å². The van der Waals surface area contributed by atoms with Gasteiger partial charge in [0.2, 0.25) is 11.8 Å². The number of nitrogens with two attached hydrogens (primary N) is 1. The maximum Gasteiger partial charge on any atom is 0.329 e. The summed E-state index contributed by atoms with van der Waals surface area (Å²) >= 11 is 0. The number of aryl methyl sites for hydroxylation is 1. The zero-order valence-electron chi connectivity index (χ0n) is 21.6. The van der Waals surface area contributed by atoms with Crippen LogP contribution in [0.2, 0.25) is 0 Å². The van der Waals surface area contributed by atoms with Gasteiger partial charge in [-0.05, 0) is 70.3 Å². The summed E-state index contributed by atoms with van der Waals surface area (Å²) < 4.78 is 3.10. The van der Waals surface area contributed by atoms with Crippen LogP contribution >= 0.6 is 0 Å². The van der Waals surface area contributed by atoms with E-state index in [2.05, 4.69) is 27.8 Å². The highest BCUT2D eigenvalue weighted by molar-refractivity contribution is 6.00. The molecule has 0 spiro atoms. The normalized spacial score (nSPS) is 21.9. The molecule has 0 bridgehead atoms. The lowest BCUT2D eigenvalue weighted by molar-refractivity contribution is -0.135. The maximum absolute atomic E-state index is 13.1. The van der Waals surface area contributed by atoms with E-state index in [1.165, 1.54) is 50.3 Å². The number of rotatable bonds is 3. The predicted octanol–water partition coefficient (Wildman–Crippen LogP) is 2.54. The van der Waals surface area contributed by atoms with Gasteiger partial charge in [-0.15, -0.1) is 0 Å². The van der Waals surface area contributed by atoms with Crippen molar-refractivity contribution < 1.29 is 9.59 Å². The second-order valence-electron chi connectivity index (χ2n) is 10.2. The first-order valence-electron chi connectivity index (χ1n) is 13.4. The second-order valence-corrected chi connectivity index (χ2v) is 10.2. The smallest absolute Gasteiger partial charge is 0.329 e. The van der Waals surface area contributed by atoms with E-state index >= 15 is 0 Å². The van der Waals surface area contributed by atoms with E-state index < -0.39 is 11.9 Å². The monoisotopic (exact) mass is 493 g/mol. The van der Waals surface area contributed by atoms with Crippen LogP contribution in [0.3, 0.4) is 0 Å². The standard InChI is InChI=1S/C27H34N4O3.CH5N/c1-29-25-21(11-10-19-14-16-30(17-15-19)18-20-6-3-2-4-7-20)8-5-9-22(25)31(27(29)34)23-12-13-24(32)28-26(23)33;1-2/h5,8-9,19-20,23H,2-4,6-7,12-18H2,1H3,(H,28,32,33);2H2,1H3. The Bertz CT molecular complexity index is 1200. The Morgan fingerprint density at radius 3 is 2.42 bits per heavy atom. The van der Waals surface area contributed by atoms with E-state index in [0.717, 1.165) is 42.9 Å². The zero-order valence-corrected chi connectivity index (χ0v) is 21.6. The summed E-state index contributed by atoms with van der Waals surface area (Å²) in [6.07, 6.45) is 9.72. The third kappa shape index (κ3) is 5.58. The lowest BCUT2D eigenvalue weighted by atomic mass is 9.88. The number of imidazole rings is 1. The summed E-state index contributed by atoms with van der Waals surface area (Å²) in [5.74, 6) is 7.38. The fraction of sp³-hybridized carbons (Fsp3) is 0.607. The number of hydrogen-bond acceptors (Lipinski definition) is 5. The maximum atomic E-state index is 13.1. The topological polar surface area (TPSA) is 102 Å². The lowest BCUT2D eigenvalue weighted by Crippen LogP contribution is -2.44. The lowest BCUT2D eigenvalue weighted by Gasteiger charge is -2.34. The van der Waals surface area contributed by atoms with E-state index in [1.54, 1.807) is 11.6 Å². The van der Waals surface area contributed by atoms with Crippen LogP contribution in [0, 0.1) is 23.7 Å². The number of nitrogens with zero attached hydrogens (tertiary/aromatic N) is 3. The van der Waals surface area contributed by atoms with Gasteiger partial charge in [-0.3, -0.25) is 24.0 Å². The number of piperidine rings is 2. The third-order valence-electron chi connectivity index (χ3n) is 7.86. The molecule has 0 radical (unpaired) electrons. The van der Waals surface area contributed by atoms with Gasteiger partial charge >= 0.3 is 5.69 Å². The van der Waals surface area contributed by atoms with Crippen LogP contribution in [0.4, 0.5) is 0 Å². The van der Waals surface area contributed by atoms with Gasteiger partial charge in [0.25, 0.3) is 0 Å². The van der Waals surface area contributed by atoms with Crippen molar-refractivity contribution >= 4 is 22.8 Å². The number of carbonyl (C=O) groups excluding carboxylic acids is 2. The van der Waals surface area contributed by atoms with Crippen LogP contribution in [0.5, 0.6) is 0 Å². The molecule has 2 aromatic rings. The van der Waals surface area contributed by atoms with Gasteiger partial charge in [-0.1, -0.05) is 37.2 Å². The molecule has 2 aliphatic heterocycles. The van der Waals surface area contributed by atoms with E-state index in [-0.39, 0.29) is 18.0 Å². The molecular weight excluding hydrogens is 454 g/mol. The molecule has 1 unspecified atom stereocenters. The van der Waals surface area contributed by atoms with Gasteiger partial charge in [0, 0.05) is 25.9 Å². The van der Waals surface area contributed by atoms with Gasteiger partial charge in [-0.2, -0.15) is 0 Å². The number of fused-ring (bicyclic) bond motifs is 1. The minimum absolute atomic E-state index is 0.234. The third-order valence-corrected chi connectivity index (χ3v) is 7.86. The average Bonchev–Trinajstić information content (AvgIpc) is 3.16. The van der Waals surface area contributed by atoms with Gasteiger partial charge in [0.1, 0.15) is 6.04 Å². The molecule has 1 aliphatic carbocycles. The van der Waals surface area contributed by atoms with E-state index in [1.807, 2.05) is 18.2 Å². The highest BCUT2D eigenvalue weighted by atomic mass is 16.2. The molecule has 1 aromatic carbocycles. The Labute approximate surface area is 213 Å². The quantitative estimate of drug-likeness (QED) is 0.505. The fourth-order valence-electron chi connectivity index (χ4n) is 5.94. The number of nitrogens with one attached hydrogen (secondary N) is 1. The summed E-state index contributed by atoms with van der Waals surface area (Å²) in [6, 6.07) is 5.02. The number of hydrogen-bond donors (Lipinski definition) is 2. The summed E-state index contributed by atoms with van der Waals surface area (Å²) in [5, 5.41) is 2.36. The Morgan fingerprint density at radius 1 is 1.00 bits per heavy atom. The molecule has 3 heterocycles. The summed E-state index contributed by atoms with van der Waals surface area (Å²) in [5.41, 5.74) is 6.50. The van der Waals surface area contributed by atoms with E-state index in [9.17, 15) is 14.4 Å². The first-order chi connectivity index (χ1) is 17.5. The minimum Gasteiger partial charge on any atom is -0.333 e. The Morgan fingerprint density at radius 2 is 1.72 bits per heavy atom. The molecule has 2 amide bonds. The number of amides is 2. The first-order valence-corrected chi connectivity index (χ1v) is 13.4. The molecule has 5 rings (SSSR count). The number of aromatic nitrogens is 2. The van der Waals surface area contributed by atoms with Crippen molar-refractivity contribution in [3.05, 3.63) is 34.2 Å². The number of imide groups is 1. The van der Waals surface area contributed by atoms with Crippen LogP contribution in [0.25, 0.3) is 11.0 Å². The number of benzene rings is 1. The number of carbonyl (C=O) groups is 2. The molecule has 1 saturated carbocycles. The Hall–Kier alpha value is -2.89. The minimum atomic E-state index is -0.675. The molecule has 3 fully saturated rings. The van der Waals surface area contributed by atoms with Gasteiger partial charge < -0.3 is 10.6 Å². The molecule has 8 nitrogen and oxygen atoms in total. The summed E-state index contributed by atoms with van der Waals surface area (Å²) in [6.45, 7) is 3.48. The molecule has 2 saturated heterocycles. The first kappa shape index (κ1) is 26.2. The molecule has 1 atom stereocenters. The van der Waals surface area contributed by atoms with E-state index in [4.69, 9.17) is 0 Å². The van der Waals surface area contributed by atoms with Crippen LogP contribution in [-0.2, 0) is 16.6 Å². The van der Waals surface area contributed by atoms with Crippen molar-refractivity contribution in [1.29, 1.82) is 0 Å². The molecule has 3 N–H and O–H groups in total. The highest BCUT2D eigenvalue weighted by Gasteiger charge is 2.31. The molecule has 36 heavy (non-hydrogen) atoms. The molecule has 3 aliphatic rings. The van der Waals surface area contributed by atoms with Crippen molar-refractivity contribution in [3.8, 4) is 11.8 Å². The fourth-order valence-corrected chi connectivity index (χ4v) is 5.94. The van der Waals surface area contributed by atoms with Crippen LogP contribution in [0.15, 0.2) is 23.0 Å². The van der Waals surface area contributed by atoms with Crippen LogP contribution < -0.4 is 16.7 Å². The van der Waals surface area contributed by atoms with Crippen LogP contribution in [-0.4, -0.2) is 52.5 Å². The van der Waals surface area contributed by atoms with Crippen molar-refractivity contribution in [3.63, 3.8) is 0 Å². The summed E-state index contributed by atoms with van der Waals surface area (Å²) in [7, 11) is 3.22. The molecule has 194 valence electrons. The Kier molecular flexibility index (Phi) is 8.65. The molecule has 8 heteroatoms. The number of para-hydroxylation sites is 1. The number of likely N-dealkylation sites (tertiary alicyclic amines) is 1. The van der Waals surface area contributed by atoms with Gasteiger partial charge in [-0.25, -0.2) is 4.79 Å². The zero-order chi connectivity index (χ0) is 25.7.